The molecule has 4 nitrogen and oxygen atoms in total. The maximum Gasteiger partial charge on any atom is 0.258 e. The minimum atomic E-state index is -0.623. The number of amides is 1. The molecule has 0 saturated carbocycles. The van der Waals surface area contributed by atoms with Gasteiger partial charge in [0.1, 0.15) is 5.75 Å². The fraction of sp³-hybridized carbons (Fsp3) is 0.562. The molecule has 0 heterocycles. The van der Waals surface area contributed by atoms with E-state index in [9.17, 15) is 9.90 Å². The van der Waals surface area contributed by atoms with E-state index >= 15 is 0 Å². The zero-order valence-corrected chi connectivity index (χ0v) is 12.9. The predicted molar refractivity (Wildman–Crippen MR) is 79.8 cm³/mol. The van der Waals surface area contributed by atoms with Crippen LogP contribution in [-0.4, -0.2) is 23.7 Å². The summed E-state index contributed by atoms with van der Waals surface area (Å²) in [5.41, 5.74) is 1.75. The Morgan fingerprint density at radius 2 is 1.95 bits per heavy atom. The molecule has 0 saturated heterocycles. The highest BCUT2D eigenvalue weighted by molar-refractivity contribution is 5.77. The molecule has 1 unspecified atom stereocenters. The van der Waals surface area contributed by atoms with Crippen LogP contribution < -0.4 is 10.1 Å². The second kappa shape index (κ2) is 7.29. The van der Waals surface area contributed by atoms with Crippen LogP contribution in [0, 0.1) is 12.8 Å². The van der Waals surface area contributed by atoms with E-state index in [2.05, 4.69) is 19.2 Å². The first-order valence-corrected chi connectivity index (χ1v) is 7.02. The number of aryl methyl sites for hydroxylation is 1. The molecule has 0 radical (unpaired) electrons. The van der Waals surface area contributed by atoms with Gasteiger partial charge in [0.05, 0.1) is 6.10 Å². The van der Waals surface area contributed by atoms with Gasteiger partial charge >= 0.3 is 0 Å². The Balaban J connectivity index is 2.64. The second-order valence-corrected chi connectivity index (χ2v) is 5.61. The van der Waals surface area contributed by atoms with Crippen LogP contribution in [0.5, 0.6) is 5.75 Å². The molecule has 0 aliphatic rings. The van der Waals surface area contributed by atoms with E-state index in [1.54, 1.807) is 13.0 Å². The van der Waals surface area contributed by atoms with Crippen molar-refractivity contribution < 1.29 is 14.6 Å². The topological polar surface area (TPSA) is 58.6 Å². The van der Waals surface area contributed by atoms with Crippen molar-refractivity contribution in [2.45, 2.75) is 46.8 Å². The van der Waals surface area contributed by atoms with Gasteiger partial charge in [-0.2, -0.15) is 0 Å². The summed E-state index contributed by atoms with van der Waals surface area (Å²) in [4.78, 5) is 11.8. The van der Waals surface area contributed by atoms with Gasteiger partial charge in [-0.1, -0.05) is 25.5 Å². The van der Waals surface area contributed by atoms with Gasteiger partial charge in [-0.25, -0.2) is 0 Å². The first kappa shape index (κ1) is 16.5. The van der Waals surface area contributed by atoms with Crippen molar-refractivity contribution in [3.63, 3.8) is 0 Å². The minimum absolute atomic E-state index is 0.0418. The largest absolute Gasteiger partial charge is 0.483 e. The van der Waals surface area contributed by atoms with Crippen molar-refractivity contribution >= 4 is 5.91 Å². The van der Waals surface area contributed by atoms with Crippen LogP contribution >= 0.6 is 0 Å². The average Bonchev–Trinajstić information content (AvgIpc) is 2.36. The van der Waals surface area contributed by atoms with Crippen molar-refractivity contribution in [3.8, 4) is 5.75 Å². The van der Waals surface area contributed by atoms with Gasteiger partial charge in [0, 0.05) is 11.6 Å². The van der Waals surface area contributed by atoms with Crippen LogP contribution in [0.25, 0.3) is 0 Å². The number of benzene rings is 1. The molecule has 1 amide bonds. The SMILES string of the molecule is Cc1ccc(OCC(=O)NC(C)C(C)C)c([C@@H](C)O)c1. The van der Waals surface area contributed by atoms with Gasteiger partial charge in [0.2, 0.25) is 0 Å². The smallest absolute Gasteiger partial charge is 0.258 e. The molecule has 0 aromatic heterocycles. The number of aliphatic hydroxyl groups is 1. The van der Waals surface area contributed by atoms with Crippen LogP contribution in [0.2, 0.25) is 0 Å². The number of nitrogens with one attached hydrogen (secondary N) is 1. The van der Waals surface area contributed by atoms with Crippen LogP contribution in [0.3, 0.4) is 0 Å². The molecule has 0 aliphatic carbocycles. The summed E-state index contributed by atoms with van der Waals surface area (Å²) < 4.78 is 5.52. The highest BCUT2D eigenvalue weighted by Crippen LogP contribution is 2.26. The summed E-state index contributed by atoms with van der Waals surface area (Å²) in [5, 5.41) is 12.6. The Bertz CT molecular complexity index is 455. The third-order valence-electron chi connectivity index (χ3n) is 3.36. The number of carbonyl (C=O) groups is 1. The number of hydrogen-bond donors (Lipinski definition) is 2. The zero-order valence-electron chi connectivity index (χ0n) is 12.9. The number of carbonyl (C=O) groups excluding carboxylic acids is 1. The van der Waals surface area contributed by atoms with Crippen molar-refractivity contribution in [2.75, 3.05) is 6.61 Å². The summed E-state index contributed by atoms with van der Waals surface area (Å²) >= 11 is 0. The summed E-state index contributed by atoms with van der Waals surface area (Å²) in [5.74, 6) is 0.785. The van der Waals surface area contributed by atoms with E-state index in [0.717, 1.165) is 5.56 Å². The highest BCUT2D eigenvalue weighted by atomic mass is 16.5. The molecular weight excluding hydrogens is 254 g/mol. The van der Waals surface area contributed by atoms with Gasteiger partial charge in [0.15, 0.2) is 6.61 Å². The summed E-state index contributed by atoms with van der Waals surface area (Å²) in [6.45, 7) is 9.67. The second-order valence-electron chi connectivity index (χ2n) is 5.61. The van der Waals surface area contributed by atoms with Crippen LogP contribution in [0.4, 0.5) is 0 Å². The van der Waals surface area contributed by atoms with E-state index in [1.165, 1.54) is 0 Å². The highest BCUT2D eigenvalue weighted by Gasteiger charge is 2.13. The lowest BCUT2D eigenvalue weighted by atomic mass is 10.1. The first-order chi connectivity index (χ1) is 9.31. The minimum Gasteiger partial charge on any atom is -0.483 e. The molecule has 1 aromatic rings. The van der Waals surface area contributed by atoms with E-state index < -0.39 is 6.10 Å². The molecule has 4 heteroatoms. The van der Waals surface area contributed by atoms with Gasteiger partial charge < -0.3 is 15.2 Å². The predicted octanol–water partition coefficient (Wildman–Crippen LogP) is 2.59. The first-order valence-electron chi connectivity index (χ1n) is 7.02. The van der Waals surface area contributed by atoms with E-state index in [-0.39, 0.29) is 18.6 Å². The molecule has 0 bridgehead atoms. The lowest BCUT2D eigenvalue weighted by Gasteiger charge is -2.18. The number of aliphatic hydroxyl groups excluding tert-OH is 1. The Morgan fingerprint density at radius 3 is 2.50 bits per heavy atom. The van der Waals surface area contributed by atoms with Gasteiger partial charge in [-0.15, -0.1) is 0 Å². The van der Waals surface area contributed by atoms with Gasteiger partial charge in [0.25, 0.3) is 5.91 Å². The van der Waals surface area contributed by atoms with E-state index in [4.69, 9.17) is 4.74 Å². The third-order valence-corrected chi connectivity index (χ3v) is 3.36. The standard InChI is InChI=1S/C16H25NO3/c1-10(2)12(4)17-16(19)9-20-15-7-6-11(3)8-14(15)13(5)18/h6-8,10,12-13,18H,9H2,1-5H3,(H,17,19)/t12?,13-/m1/s1. The van der Waals surface area contributed by atoms with Crippen molar-refractivity contribution in [1.82, 2.24) is 5.32 Å². The molecule has 2 N–H and O–H groups in total. The van der Waals surface area contributed by atoms with Crippen LogP contribution in [0.15, 0.2) is 18.2 Å². The molecule has 0 spiro atoms. The normalized spacial score (nSPS) is 13.9. The molecular formula is C16H25NO3. The van der Waals surface area contributed by atoms with Gasteiger partial charge in [-0.3, -0.25) is 4.79 Å². The van der Waals surface area contributed by atoms with Crippen LogP contribution in [0.1, 0.15) is 44.9 Å². The quantitative estimate of drug-likeness (QED) is 0.841. The monoisotopic (exact) mass is 279 g/mol. The van der Waals surface area contributed by atoms with Gasteiger partial charge in [-0.05, 0) is 38.8 Å². The Labute approximate surface area is 121 Å². The lowest BCUT2D eigenvalue weighted by molar-refractivity contribution is -0.124. The number of hydrogen-bond acceptors (Lipinski definition) is 3. The third kappa shape index (κ3) is 4.85. The van der Waals surface area contributed by atoms with Crippen molar-refractivity contribution in [2.24, 2.45) is 5.92 Å². The summed E-state index contributed by atoms with van der Waals surface area (Å²) in [6, 6.07) is 5.67. The average molecular weight is 279 g/mol. The maximum atomic E-state index is 11.8. The number of rotatable bonds is 6. The number of ether oxygens (including phenoxy) is 1. The van der Waals surface area contributed by atoms with E-state index in [0.29, 0.717) is 17.2 Å². The summed E-state index contributed by atoms with van der Waals surface area (Å²) in [6.07, 6.45) is -0.623. The molecule has 0 aliphatic heterocycles. The molecule has 1 aromatic carbocycles. The molecule has 20 heavy (non-hydrogen) atoms. The fourth-order valence-electron chi connectivity index (χ4n) is 1.73. The fourth-order valence-corrected chi connectivity index (χ4v) is 1.73. The van der Waals surface area contributed by atoms with Crippen molar-refractivity contribution in [3.05, 3.63) is 29.3 Å². The molecule has 1 rings (SSSR count). The maximum absolute atomic E-state index is 11.8. The summed E-state index contributed by atoms with van der Waals surface area (Å²) in [7, 11) is 0. The van der Waals surface area contributed by atoms with Crippen LogP contribution in [-0.2, 0) is 4.79 Å². The lowest BCUT2D eigenvalue weighted by Crippen LogP contribution is -2.39. The Morgan fingerprint density at radius 1 is 1.30 bits per heavy atom. The molecule has 2 atom stereocenters. The van der Waals surface area contributed by atoms with Crippen molar-refractivity contribution in [1.29, 1.82) is 0 Å². The molecule has 112 valence electrons. The zero-order chi connectivity index (χ0) is 15.3. The Hall–Kier alpha value is -1.55. The Kier molecular flexibility index (Phi) is 6.02. The van der Waals surface area contributed by atoms with E-state index in [1.807, 2.05) is 26.0 Å². The molecule has 0 fully saturated rings.